The number of hydrogen-bond donors (Lipinski definition) is 1. The van der Waals surface area contributed by atoms with Crippen LogP contribution in [0.15, 0.2) is 18.2 Å². The molecule has 0 aliphatic carbocycles. The van der Waals surface area contributed by atoms with Crippen LogP contribution in [0.4, 0.5) is 5.69 Å². The molecule has 0 fully saturated rings. The van der Waals surface area contributed by atoms with E-state index in [4.69, 9.17) is 0 Å². The molecule has 3 heteroatoms. The molecule has 0 unspecified atom stereocenters. The summed E-state index contributed by atoms with van der Waals surface area (Å²) in [6.45, 7) is 15.4. The smallest absolute Gasteiger partial charge is 0.168 e. The van der Waals surface area contributed by atoms with E-state index in [9.17, 15) is 9.59 Å². The number of nitrogens with one attached hydrogen (secondary N) is 1. The van der Waals surface area contributed by atoms with Gasteiger partial charge in [-0.2, -0.15) is 0 Å². The van der Waals surface area contributed by atoms with Gasteiger partial charge in [-0.15, -0.1) is 0 Å². The number of Topliss-reactive ketones (excluding diaryl/α,β-unsaturated/α-hetero) is 2. The van der Waals surface area contributed by atoms with Crippen LogP contribution < -0.4 is 5.32 Å². The molecule has 0 spiro atoms. The fourth-order valence-electron chi connectivity index (χ4n) is 2.17. The lowest BCUT2D eigenvalue weighted by molar-refractivity contribution is 0.0856. The van der Waals surface area contributed by atoms with Crippen LogP contribution in [0.25, 0.3) is 0 Å². The average molecular weight is 303 g/mol. The Morgan fingerprint density at radius 1 is 0.818 bits per heavy atom. The van der Waals surface area contributed by atoms with Crippen LogP contribution in [0.2, 0.25) is 0 Å². The van der Waals surface area contributed by atoms with Crippen LogP contribution in [0.3, 0.4) is 0 Å². The van der Waals surface area contributed by atoms with Gasteiger partial charge in [0, 0.05) is 33.7 Å². The molecule has 3 nitrogen and oxygen atoms in total. The van der Waals surface area contributed by atoms with Gasteiger partial charge in [0.25, 0.3) is 0 Å². The summed E-state index contributed by atoms with van der Waals surface area (Å²) in [5, 5.41) is 3.29. The summed E-state index contributed by atoms with van der Waals surface area (Å²) in [4.78, 5) is 25.2. The molecular weight excluding hydrogens is 274 g/mol. The van der Waals surface area contributed by atoms with Crippen molar-refractivity contribution in [1.82, 2.24) is 0 Å². The molecule has 0 aromatic heterocycles. The van der Waals surface area contributed by atoms with E-state index in [0.29, 0.717) is 11.1 Å². The summed E-state index contributed by atoms with van der Waals surface area (Å²) in [5.41, 5.74) is 1.05. The first-order valence-corrected chi connectivity index (χ1v) is 7.83. The highest BCUT2D eigenvalue weighted by Crippen LogP contribution is 2.28. The van der Waals surface area contributed by atoms with E-state index in [0.717, 1.165) is 5.69 Å². The molecule has 0 amide bonds. The van der Waals surface area contributed by atoms with Crippen molar-refractivity contribution in [3.05, 3.63) is 29.3 Å². The van der Waals surface area contributed by atoms with E-state index in [1.54, 1.807) is 6.07 Å². The van der Waals surface area contributed by atoms with Gasteiger partial charge in [0.15, 0.2) is 11.6 Å². The van der Waals surface area contributed by atoms with Crippen LogP contribution in [-0.4, -0.2) is 17.6 Å². The van der Waals surface area contributed by atoms with Crippen LogP contribution >= 0.6 is 0 Å². The maximum absolute atomic E-state index is 12.6. The second kappa shape index (κ2) is 6.23. The second-order valence-electron chi connectivity index (χ2n) is 8.26. The van der Waals surface area contributed by atoms with Gasteiger partial charge in [0.1, 0.15) is 0 Å². The summed E-state index contributed by atoms with van der Waals surface area (Å²) < 4.78 is 0. The Bertz CT molecular complexity index is 528. The summed E-state index contributed by atoms with van der Waals surface area (Å²) in [6, 6.07) is 5.64. The van der Waals surface area contributed by atoms with Crippen LogP contribution in [0.5, 0.6) is 0 Å². The Morgan fingerprint density at radius 3 is 1.45 bits per heavy atom. The van der Waals surface area contributed by atoms with Crippen molar-refractivity contribution in [3.63, 3.8) is 0 Å². The minimum atomic E-state index is -0.474. The quantitative estimate of drug-likeness (QED) is 0.799. The summed E-state index contributed by atoms with van der Waals surface area (Å²) >= 11 is 0. The molecular formula is C19H29NO2. The van der Waals surface area contributed by atoms with E-state index >= 15 is 0 Å². The van der Waals surface area contributed by atoms with Crippen molar-refractivity contribution in [2.24, 2.45) is 10.8 Å². The summed E-state index contributed by atoms with van der Waals surface area (Å²) in [7, 11) is 0. The summed E-state index contributed by atoms with van der Waals surface area (Å²) in [6.07, 6.45) is 0. The van der Waals surface area contributed by atoms with Crippen molar-refractivity contribution in [1.29, 1.82) is 0 Å². The number of rotatable bonds is 4. The van der Waals surface area contributed by atoms with E-state index in [1.807, 2.05) is 67.5 Å². The third kappa shape index (κ3) is 4.69. The molecule has 122 valence electrons. The van der Waals surface area contributed by atoms with Gasteiger partial charge < -0.3 is 5.32 Å². The molecule has 22 heavy (non-hydrogen) atoms. The first-order valence-electron chi connectivity index (χ1n) is 7.83. The second-order valence-corrected chi connectivity index (χ2v) is 8.26. The zero-order valence-electron chi connectivity index (χ0n) is 15.1. The van der Waals surface area contributed by atoms with Crippen LogP contribution in [0, 0.1) is 10.8 Å². The Balaban J connectivity index is 3.40. The molecule has 0 atom stereocenters. The van der Waals surface area contributed by atoms with Gasteiger partial charge in [0.05, 0.1) is 0 Å². The molecule has 1 aromatic rings. The minimum absolute atomic E-state index is 0.0443. The Kier molecular flexibility index (Phi) is 5.21. The monoisotopic (exact) mass is 303 g/mol. The number of carbonyl (C=O) groups is 2. The van der Waals surface area contributed by atoms with Crippen LogP contribution in [-0.2, 0) is 0 Å². The lowest BCUT2D eigenvalue weighted by Crippen LogP contribution is -2.24. The normalized spacial score (nSPS) is 12.4. The third-order valence-electron chi connectivity index (χ3n) is 3.28. The molecule has 1 N–H and O–H groups in total. The molecule has 1 rings (SSSR count). The fourth-order valence-corrected chi connectivity index (χ4v) is 2.17. The predicted octanol–water partition coefficient (Wildman–Crippen LogP) is 4.96. The van der Waals surface area contributed by atoms with Gasteiger partial charge in [-0.1, -0.05) is 41.5 Å². The van der Waals surface area contributed by atoms with E-state index in [1.165, 1.54) is 0 Å². The molecule has 0 aliphatic rings. The highest BCUT2D eigenvalue weighted by Gasteiger charge is 2.27. The van der Waals surface area contributed by atoms with Gasteiger partial charge in [-0.05, 0) is 32.0 Å². The molecule has 1 aromatic carbocycles. The van der Waals surface area contributed by atoms with E-state index < -0.39 is 10.8 Å². The Hall–Kier alpha value is -1.64. The van der Waals surface area contributed by atoms with Crippen molar-refractivity contribution < 1.29 is 9.59 Å². The minimum Gasteiger partial charge on any atom is -0.383 e. The maximum atomic E-state index is 12.6. The van der Waals surface area contributed by atoms with Gasteiger partial charge in [-0.25, -0.2) is 0 Å². The third-order valence-corrected chi connectivity index (χ3v) is 3.28. The SMILES string of the molecule is CC(C)Nc1cc(C(=O)C(C)(C)C)cc(C(=O)C(C)(C)C)c1. The van der Waals surface area contributed by atoms with Crippen molar-refractivity contribution in [3.8, 4) is 0 Å². The maximum Gasteiger partial charge on any atom is 0.168 e. The lowest BCUT2D eigenvalue weighted by atomic mass is 9.82. The standard InChI is InChI=1S/C19H29NO2/c1-12(2)20-15-10-13(16(21)18(3,4)5)9-14(11-15)17(22)19(6,7)8/h9-12,20H,1-8H3. The fraction of sp³-hybridized carbons (Fsp3) is 0.579. The van der Waals surface area contributed by atoms with Gasteiger partial charge in [-0.3, -0.25) is 9.59 Å². The van der Waals surface area contributed by atoms with E-state index in [2.05, 4.69) is 5.32 Å². The predicted molar refractivity (Wildman–Crippen MR) is 92.8 cm³/mol. The highest BCUT2D eigenvalue weighted by atomic mass is 16.1. The Morgan fingerprint density at radius 2 is 1.18 bits per heavy atom. The molecule has 0 heterocycles. The molecule has 0 saturated carbocycles. The zero-order chi connectivity index (χ0) is 17.3. The first kappa shape index (κ1) is 18.4. The van der Waals surface area contributed by atoms with Crippen molar-refractivity contribution in [2.45, 2.75) is 61.4 Å². The molecule has 0 aliphatic heterocycles. The number of hydrogen-bond acceptors (Lipinski definition) is 3. The average Bonchev–Trinajstić information content (AvgIpc) is 2.33. The number of benzene rings is 1. The van der Waals surface area contributed by atoms with Crippen molar-refractivity contribution >= 4 is 17.3 Å². The topological polar surface area (TPSA) is 46.2 Å². The number of carbonyl (C=O) groups excluding carboxylic acids is 2. The number of anilines is 1. The molecule has 0 radical (unpaired) electrons. The lowest BCUT2D eigenvalue weighted by Gasteiger charge is -2.21. The summed E-state index contributed by atoms with van der Waals surface area (Å²) in [5.74, 6) is 0.0886. The van der Waals surface area contributed by atoms with Crippen LogP contribution in [0.1, 0.15) is 76.1 Å². The van der Waals surface area contributed by atoms with Crippen molar-refractivity contribution in [2.75, 3.05) is 5.32 Å². The largest absolute Gasteiger partial charge is 0.383 e. The highest BCUT2D eigenvalue weighted by molar-refractivity contribution is 6.05. The Labute approximate surface area is 134 Å². The van der Waals surface area contributed by atoms with Gasteiger partial charge >= 0.3 is 0 Å². The number of ketones is 2. The zero-order valence-corrected chi connectivity index (χ0v) is 15.1. The molecule has 0 bridgehead atoms. The first-order chi connectivity index (χ1) is 9.82. The van der Waals surface area contributed by atoms with Gasteiger partial charge in [0.2, 0.25) is 0 Å². The van der Waals surface area contributed by atoms with E-state index in [-0.39, 0.29) is 17.6 Å². The molecule has 0 saturated heterocycles.